The van der Waals surface area contributed by atoms with Gasteiger partial charge in [-0.3, -0.25) is 0 Å². The van der Waals surface area contributed by atoms with E-state index in [1.54, 1.807) is 11.3 Å². The summed E-state index contributed by atoms with van der Waals surface area (Å²) in [4.78, 5) is 11.0. The molecule has 0 aliphatic rings. The van der Waals surface area contributed by atoms with Crippen molar-refractivity contribution < 1.29 is 0 Å². The molecule has 2 aromatic heterocycles. The first kappa shape index (κ1) is 18.3. The zero-order valence-electron chi connectivity index (χ0n) is 14.9. The Morgan fingerprint density at radius 3 is 2.83 bits per heavy atom. The summed E-state index contributed by atoms with van der Waals surface area (Å²) < 4.78 is 0. The van der Waals surface area contributed by atoms with Gasteiger partial charge in [-0.1, -0.05) is 6.92 Å². The summed E-state index contributed by atoms with van der Waals surface area (Å²) in [6.45, 7) is 6.65. The summed E-state index contributed by atoms with van der Waals surface area (Å²) in [6.07, 6.45) is 1.83. The van der Waals surface area contributed by atoms with Gasteiger partial charge in [-0.05, 0) is 52.9 Å². The molecule has 0 bridgehead atoms. The van der Waals surface area contributed by atoms with Crippen LogP contribution in [0.4, 0.5) is 5.82 Å². The number of aromatic nitrogens is 1. The van der Waals surface area contributed by atoms with Crippen molar-refractivity contribution >= 4 is 23.1 Å². The molecule has 1 unspecified atom stereocenters. The van der Waals surface area contributed by atoms with Crippen LogP contribution in [-0.2, 0) is 6.54 Å². The number of nitrogens with zero attached hydrogens (tertiary/aromatic N) is 3. The fraction of sp³-hybridized carbons (Fsp3) is 0.444. The highest BCUT2D eigenvalue weighted by atomic mass is 32.1. The third kappa shape index (κ3) is 5.53. The summed E-state index contributed by atoms with van der Waals surface area (Å²) in [5, 5.41) is 11.1. The minimum atomic E-state index is 0.460. The van der Waals surface area contributed by atoms with Crippen LogP contribution in [0, 0.1) is 0 Å². The maximum absolute atomic E-state index is 4.69. The van der Waals surface area contributed by atoms with Crippen molar-refractivity contribution in [2.24, 2.45) is 4.99 Å². The van der Waals surface area contributed by atoms with E-state index in [4.69, 9.17) is 0 Å². The van der Waals surface area contributed by atoms with Gasteiger partial charge in [0.1, 0.15) is 5.82 Å². The quantitative estimate of drug-likeness (QED) is 0.598. The number of pyridine rings is 1. The second-order valence-electron chi connectivity index (χ2n) is 5.95. The first-order valence-electron chi connectivity index (χ1n) is 8.26. The second kappa shape index (κ2) is 9.27. The minimum absolute atomic E-state index is 0.460. The molecule has 0 aliphatic carbocycles. The van der Waals surface area contributed by atoms with Gasteiger partial charge < -0.3 is 15.5 Å². The third-order valence-electron chi connectivity index (χ3n) is 3.72. The molecule has 2 rings (SSSR count). The van der Waals surface area contributed by atoms with Crippen molar-refractivity contribution in [1.29, 1.82) is 0 Å². The molecule has 24 heavy (non-hydrogen) atoms. The maximum atomic E-state index is 4.69. The summed E-state index contributed by atoms with van der Waals surface area (Å²) in [5.41, 5.74) is 2.52. The molecular weight excluding hydrogens is 318 g/mol. The van der Waals surface area contributed by atoms with Gasteiger partial charge in [0.05, 0.1) is 6.54 Å². The van der Waals surface area contributed by atoms with Crippen LogP contribution in [-0.4, -0.2) is 38.1 Å². The molecular formula is C18H27N5S. The Morgan fingerprint density at radius 2 is 2.17 bits per heavy atom. The van der Waals surface area contributed by atoms with E-state index in [1.165, 1.54) is 5.56 Å². The topological polar surface area (TPSA) is 52.6 Å². The summed E-state index contributed by atoms with van der Waals surface area (Å²) in [5.74, 6) is 2.26. The SMILES string of the molecule is CCNC(=NCc1ccnc(N(C)C)c1)NCC(C)c1ccsc1. The van der Waals surface area contributed by atoms with Gasteiger partial charge in [0, 0.05) is 33.4 Å². The number of aliphatic imine (C=N–C) groups is 1. The molecule has 1 atom stereocenters. The number of nitrogens with one attached hydrogen (secondary N) is 2. The largest absolute Gasteiger partial charge is 0.363 e. The molecule has 0 amide bonds. The summed E-state index contributed by atoms with van der Waals surface area (Å²) >= 11 is 1.74. The zero-order chi connectivity index (χ0) is 17.4. The van der Waals surface area contributed by atoms with Crippen LogP contribution in [0.5, 0.6) is 0 Å². The smallest absolute Gasteiger partial charge is 0.191 e. The molecule has 0 aromatic carbocycles. The molecule has 5 nitrogen and oxygen atoms in total. The van der Waals surface area contributed by atoms with E-state index in [-0.39, 0.29) is 0 Å². The number of hydrogen-bond acceptors (Lipinski definition) is 4. The Hall–Kier alpha value is -2.08. The molecule has 2 aromatic rings. The minimum Gasteiger partial charge on any atom is -0.363 e. The van der Waals surface area contributed by atoms with Gasteiger partial charge in [0.25, 0.3) is 0 Å². The van der Waals surface area contributed by atoms with Crippen molar-refractivity contribution in [3.05, 3.63) is 46.3 Å². The van der Waals surface area contributed by atoms with Crippen LogP contribution < -0.4 is 15.5 Å². The fourth-order valence-corrected chi connectivity index (χ4v) is 3.02. The van der Waals surface area contributed by atoms with Crippen molar-refractivity contribution in [3.8, 4) is 0 Å². The van der Waals surface area contributed by atoms with Crippen molar-refractivity contribution in [2.45, 2.75) is 26.3 Å². The molecule has 0 radical (unpaired) electrons. The normalized spacial score (nSPS) is 12.8. The van der Waals surface area contributed by atoms with E-state index >= 15 is 0 Å². The van der Waals surface area contributed by atoms with Crippen LogP contribution in [0.3, 0.4) is 0 Å². The lowest BCUT2D eigenvalue weighted by Crippen LogP contribution is -2.39. The van der Waals surface area contributed by atoms with Gasteiger partial charge in [-0.2, -0.15) is 11.3 Å². The molecule has 6 heteroatoms. The molecule has 2 N–H and O–H groups in total. The van der Waals surface area contributed by atoms with Crippen molar-refractivity contribution in [3.63, 3.8) is 0 Å². The number of hydrogen-bond donors (Lipinski definition) is 2. The monoisotopic (exact) mass is 345 g/mol. The number of thiophene rings is 1. The highest BCUT2D eigenvalue weighted by Crippen LogP contribution is 2.17. The van der Waals surface area contributed by atoms with Gasteiger partial charge >= 0.3 is 0 Å². The molecule has 0 saturated heterocycles. The van der Waals surface area contributed by atoms with Crippen LogP contribution >= 0.6 is 11.3 Å². The van der Waals surface area contributed by atoms with Crippen LogP contribution in [0.25, 0.3) is 0 Å². The highest BCUT2D eigenvalue weighted by molar-refractivity contribution is 7.07. The number of rotatable bonds is 7. The lowest BCUT2D eigenvalue weighted by Gasteiger charge is -2.15. The highest BCUT2D eigenvalue weighted by Gasteiger charge is 2.07. The van der Waals surface area contributed by atoms with Gasteiger partial charge in [0.2, 0.25) is 0 Å². The Bertz CT molecular complexity index is 637. The lowest BCUT2D eigenvalue weighted by atomic mass is 10.1. The van der Waals surface area contributed by atoms with E-state index < -0.39 is 0 Å². The van der Waals surface area contributed by atoms with Crippen molar-refractivity contribution in [2.75, 3.05) is 32.1 Å². The third-order valence-corrected chi connectivity index (χ3v) is 4.42. The Kier molecular flexibility index (Phi) is 7.06. The first-order chi connectivity index (χ1) is 11.6. The maximum Gasteiger partial charge on any atom is 0.191 e. The predicted molar refractivity (Wildman–Crippen MR) is 104 cm³/mol. The first-order valence-corrected chi connectivity index (χ1v) is 9.21. The van der Waals surface area contributed by atoms with Gasteiger partial charge in [-0.25, -0.2) is 9.98 Å². The molecule has 0 fully saturated rings. The Labute approximate surface area is 148 Å². The average Bonchev–Trinajstić information content (AvgIpc) is 3.12. The average molecular weight is 346 g/mol. The molecule has 0 saturated carbocycles. The van der Waals surface area contributed by atoms with E-state index in [2.05, 4.69) is 57.4 Å². The molecule has 0 spiro atoms. The van der Waals surface area contributed by atoms with Crippen LogP contribution in [0.2, 0.25) is 0 Å². The van der Waals surface area contributed by atoms with E-state index in [0.29, 0.717) is 12.5 Å². The van der Waals surface area contributed by atoms with Gasteiger partial charge in [0.15, 0.2) is 5.96 Å². The predicted octanol–water partition coefficient (Wildman–Crippen LogP) is 3.07. The fourth-order valence-electron chi connectivity index (χ4n) is 2.24. The molecule has 130 valence electrons. The standard InChI is InChI=1S/C18H27N5S/c1-5-19-18(21-11-14(2)16-7-9-24-13-16)22-12-15-6-8-20-17(10-15)23(3)4/h6-10,13-14H,5,11-12H2,1-4H3,(H2,19,21,22). The summed E-state index contributed by atoms with van der Waals surface area (Å²) in [7, 11) is 3.99. The van der Waals surface area contributed by atoms with Crippen LogP contribution in [0.15, 0.2) is 40.1 Å². The number of anilines is 1. The van der Waals surface area contributed by atoms with E-state index in [0.717, 1.165) is 30.4 Å². The van der Waals surface area contributed by atoms with E-state index in [1.807, 2.05) is 31.3 Å². The Balaban J connectivity index is 1.96. The van der Waals surface area contributed by atoms with Gasteiger partial charge in [-0.15, -0.1) is 0 Å². The van der Waals surface area contributed by atoms with Crippen molar-refractivity contribution in [1.82, 2.24) is 15.6 Å². The molecule has 2 heterocycles. The lowest BCUT2D eigenvalue weighted by molar-refractivity contribution is 0.701. The number of guanidine groups is 1. The summed E-state index contributed by atoms with van der Waals surface area (Å²) in [6, 6.07) is 6.26. The van der Waals surface area contributed by atoms with Crippen LogP contribution in [0.1, 0.15) is 30.9 Å². The Morgan fingerprint density at radius 1 is 1.33 bits per heavy atom. The molecule has 0 aliphatic heterocycles. The zero-order valence-corrected chi connectivity index (χ0v) is 15.7. The second-order valence-corrected chi connectivity index (χ2v) is 6.73. The van der Waals surface area contributed by atoms with E-state index in [9.17, 15) is 0 Å².